The molecule has 0 heterocycles. The van der Waals surface area contributed by atoms with E-state index in [9.17, 15) is 18.5 Å². The minimum Gasteiger partial charge on any atom is -0.384 e. The van der Waals surface area contributed by atoms with E-state index in [1.807, 2.05) is 6.92 Å². The lowest BCUT2D eigenvalue weighted by Crippen LogP contribution is -2.29. The molecule has 0 atom stereocenters. The van der Waals surface area contributed by atoms with Gasteiger partial charge in [0.15, 0.2) is 0 Å². The van der Waals surface area contributed by atoms with Gasteiger partial charge in [-0.15, -0.1) is 0 Å². The zero-order valence-electron chi connectivity index (χ0n) is 11.4. The van der Waals surface area contributed by atoms with Crippen molar-refractivity contribution >= 4 is 21.4 Å². The van der Waals surface area contributed by atoms with Crippen LogP contribution in [0.3, 0.4) is 0 Å². The molecule has 1 fully saturated rings. The molecule has 20 heavy (non-hydrogen) atoms. The van der Waals surface area contributed by atoms with Crippen LogP contribution in [0.4, 0.5) is 11.4 Å². The Labute approximate surface area is 117 Å². The molecule has 8 heteroatoms. The van der Waals surface area contributed by atoms with E-state index < -0.39 is 14.9 Å². The van der Waals surface area contributed by atoms with Crippen LogP contribution >= 0.6 is 0 Å². The molecule has 1 aliphatic rings. The first kappa shape index (κ1) is 14.7. The molecule has 1 saturated carbocycles. The van der Waals surface area contributed by atoms with Gasteiger partial charge in [0, 0.05) is 31.8 Å². The molecule has 1 aliphatic carbocycles. The number of hydrogen-bond acceptors (Lipinski definition) is 5. The van der Waals surface area contributed by atoms with Crippen molar-refractivity contribution in [3.05, 3.63) is 28.3 Å². The smallest absolute Gasteiger partial charge is 0.270 e. The zero-order chi connectivity index (χ0) is 14.9. The minimum atomic E-state index is -3.72. The molecule has 1 aromatic rings. The summed E-state index contributed by atoms with van der Waals surface area (Å²) >= 11 is 0. The minimum absolute atomic E-state index is 0.00809. The Hall–Kier alpha value is -1.67. The molecule has 0 aliphatic heterocycles. The van der Waals surface area contributed by atoms with Crippen LogP contribution in [-0.4, -0.2) is 37.3 Å². The molecule has 110 valence electrons. The normalized spacial score (nSPS) is 15.3. The Morgan fingerprint density at radius 1 is 1.45 bits per heavy atom. The molecule has 0 aromatic heterocycles. The lowest BCUT2D eigenvalue weighted by molar-refractivity contribution is -0.385. The second kappa shape index (κ2) is 5.37. The predicted octanol–water partition coefficient (Wildman–Crippen LogP) is 1.81. The average Bonchev–Trinajstić information content (AvgIpc) is 3.22. The fourth-order valence-corrected chi connectivity index (χ4v) is 3.57. The summed E-state index contributed by atoms with van der Waals surface area (Å²) in [5, 5.41) is 13.8. The van der Waals surface area contributed by atoms with Gasteiger partial charge in [-0.1, -0.05) is 0 Å². The average molecular weight is 299 g/mol. The third-order valence-corrected chi connectivity index (χ3v) is 5.21. The van der Waals surface area contributed by atoms with Gasteiger partial charge in [0.25, 0.3) is 5.69 Å². The predicted molar refractivity (Wildman–Crippen MR) is 75.2 cm³/mol. The van der Waals surface area contributed by atoms with E-state index in [1.54, 1.807) is 0 Å². The maximum Gasteiger partial charge on any atom is 0.270 e. The topological polar surface area (TPSA) is 92.5 Å². The Morgan fingerprint density at radius 2 is 2.10 bits per heavy atom. The van der Waals surface area contributed by atoms with Gasteiger partial charge in [-0.05, 0) is 25.8 Å². The molecular weight excluding hydrogens is 282 g/mol. The van der Waals surface area contributed by atoms with E-state index in [4.69, 9.17) is 0 Å². The SMILES string of the molecule is CCNc1ccc([N+](=O)[O-])cc1S(=O)(=O)N(C)C1CC1. The molecule has 0 bridgehead atoms. The Kier molecular flexibility index (Phi) is 3.96. The van der Waals surface area contributed by atoms with Gasteiger partial charge in [0.2, 0.25) is 10.0 Å². The van der Waals surface area contributed by atoms with Crippen LogP contribution in [0.5, 0.6) is 0 Å². The number of nitrogens with zero attached hydrogens (tertiary/aromatic N) is 2. The second-order valence-electron chi connectivity index (χ2n) is 4.72. The van der Waals surface area contributed by atoms with Crippen molar-refractivity contribution in [1.82, 2.24) is 4.31 Å². The number of anilines is 1. The van der Waals surface area contributed by atoms with Crippen molar-refractivity contribution in [1.29, 1.82) is 0 Å². The van der Waals surface area contributed by atoms with Gasteiger partial charge in [0.05, 0.1) is 10.6 Å². The maximum atomic E-state index is 12.5. The van der Waals surface area contributed by atoms with Crippen LogP contribution in [0, 0.1) is 10.1 Å². The first-order valence-electron chi connectivity index (χ1n) is 6.38. The van der Waals surface area contributed by atoms with Gasteiger partial charge in [-0.3, -0.25) is 10.1 Å². The number of benzene rings is 1. The summed E-state index contributed by atoms with van der Waals surface area (Å²) in [5.74, 6) is 0. The highest BCUT2D eigenvalue weighted by Crippen LogP contribution is 2.34. The van der Waals surface area contributed by atoms with Crippen molar-refractivity contribution in [2.45, 2.75) is 30.7 Å². The number of nitrogens with one attached hydrogen (secondary N) is 1. The third-order valence-electron chi connectivity index (χ3n) is 3.26. The van der Waals surface area contributed by atoms with Crippen molar-refractivity contribution in [2.75, 3.05) is 18.9 Å². The van der Waals surface area contributed by atoms with Crippen LogP contribution in [0.2, 0.25) is 0 Å². The summed E-state index contributed by atoms with van der Waals surface area (Å²) in [5.41, 5.74) is 0.167. The lowest BCUT2D eigenvalue weighted by atomic mass is 10.3. The summed E-state index contributed by atoms with van der Waals surface area (Å²) in [4.78, 5) is 10.2. The lowest BCUT2D eigenvalue weighted by Gasteiger charge is -2.19. The van der Waals surface area contributed by atoms with Crippen molar-refractivity contribution in [2.24, 2.45) is 0 Å². The Balaban J connectivity index is 2.50. The maximum absolute atomic E-state index is 12.5. The van der Waals surface area contributed by atoms with Crippen molar-refractivity contribution in [3.63, 3.8) is 0 Å². The largest absolute Gasteiger partial charge is 0.384 e. The van der Waals surface area contributed by atoms with E-state index in [2.05, 4.69) is 5.32 Å². The van der Waals surface area contributed by atoms with Gasteiger partial charge in [0.1, 0.15) is 4.90 Å². The molecule has 7 nitrogen and oxygen atoms in total. The fourth-order valence-electron chi connectivity index (χ4n) is 1.96. The van der Waals surface area contributed by atoms with Gasteiger partial charge < -0.3 is 5.32 Å². The van der Waals surface area contributed by atoms with Crippen LogP contribution < -0.4 is 5.32 Å². The molecule has 0 saturated heterocycles. The third kappa shape index (κ3) is 2.75. The van der Waals surface area contributed by atoms with Crippen LogP contribution in [0.1, 0.15) is 19.8 Å². The van der Waals surface area contributed by atoms with Gasteiger partial charge in [-0.25, -0.2) is 8.42 Å². The summed E-state index contributed by atoms with van der Waals surface area (Å²) in [6, 6.07) is 3.86. The standard InChI is InChI=1S/C12H17N3O4S/c1-3-13-11-7-6-10(15(16)17)8-12(11)20(18,19)14(2)9-4-5-9/h6-9,13H,3-5H2,1-2H3. The summed E-state index contributed by atoms with van der Waals surface area (Å²) in [6.07, 6.45) is 1.67. The molecule has 0 unspecified atom stereocenters. The number of hydrogen-bond donors (Lipinski definition) is 1. The van der Waals surface area contributed by atoms with E-state index in [1.165, 1.54) is 23.5 Å². The Bertz CT molecular complexity index is 626. The molecule has 0 spiro atoms. The summed E-state index contributed by atoms with van der Waals surface area (Å²) < 4.78 is 26.4. The highest BCUT2D eigenvalue weighted by atomic mass is 32.2. The molecule has 1 N–H and O–H groups in total. The first-order valence-corrected chi connectivity index (χ1v) is 7.82. The summed E-state index contributed by atoms with van der Waals surface area (Å²) in [6.45, 7) is 2.37. The molecule has 2 rings (SSSR count). The monoisotopic (exact) mass is 299 g/mol. The summed E-state index contributed by atoms with van der Waals surface area (Å²) in [7, 11) is -2.20. The van der Waals surface area contributed by atoms with Gasteiger partial charge in [-0.2, -0.15) is 4.31 Å². The molecule has 0 radical (unpaired) electrons. The highest BCUT2D eigenvalue weighted by Gasteiger charge is 2.36. The molecular formula is C12H17N3O4S. The van der Waals surface area contributed by atoms with Crippen LogP contribution in [-0.2, 0) is 10.0 Å². The first-order chi connectivity index (χ1) is 9.37. The van der Waals surface area contributed by atoms with Crippen LogP contribution in [0.15, 0.2) is 23.1 Å². The number of rotatable bonds is 6. The van der Waals surface area contributed by atoms with E-state index >= 15 is 0 Å². The van der Waals surface area contributed by atoms with E-state index in [0.29, 0.717) is 12.2 Å². The van der Waals surface area contributed by atoms with Gasteiger partial charge >= 0.3 is 0 Å². The van der Waals surface area contributed by atoms with Crippen molar-refractivity contribution in [3.8, 4) is 0 Å². The number of nitro groups is 1. The fraction of sp³-hybridized carbons (Fsp3) is 0.500. The van der Waals surface area contributed by atoms with E-state index in [-0.39, 0.29) is 16.6 Å². The number of non-ortho nitro benzene ring substituents is 1. The van der Waals surface area contributed by atoms with E-state index in [0.717, 1.165) is 18.9 Å². The Morgan fingerprint density at radius 3 is 2.60 bits per heavy atom. The van der Waals surface area contributed by atoms with Crippen molar-refractivity contribution < 1.29 is 13.3 Å². The molecule has 1 aromatic carbocycles. The quantitative estimate of drug-likeness (QED) is 0.638. The zero-order valence-corrected chi connectivity index (χ0v) is 12.2. The number of sulfonamides is 1. The number of nitro benzene ring substituents is 1. The van der Waals surface area contributed by atoms with Crippen LogP contribution in [0.25, 0.3) is 0 Å². The highest BCUT2D eigenvalue weighted by molar-refractivity contribution is 7.89. The molecule has 0 amide bonds. The second-order valence-corrected chi connectivity index (χ2v) is 6.69.